The quantitative estimate of drug-likeness (QED) is 0.516. The van der Waals surface area contributed by atoms with E-state index in [1.54, 1.807) is 0 Å². The average molecular weight is 293 g/mol. The molecule has 1 unspecified atom stereocenters. The maximum atomic E-state index is 11.7. The Hall–Kier alpha value is -2.77. The number of hydrogen-bond acceptors (Lipinski definition) is 4. The Balaban J connectivity index is 1.87. The number of anilines is 1. The van der Waals surface area contributed by atoms with Gasteiger partial charge >= 0.3 is 12.0 Å². The molecule has 8 nitrogen and oxygen atoms in total. The van der Waals surface area contributed by atoms with E-state index in [4.69, 9.17) is 5.11 Å². The van der Waals surface area contributed by atoms with Crippen LogP contribution in [0.3, 0.4) is 0 Å². The summed E-state index contributed by atoms with van der Waals surface area (Å²) >= 11 is 0. The number of aromatic carboxylic acids is 1. The van der Waals surface area contributed by atoms with Gasteiger partial charge in [0.2, 0.25) is 5.91 Å². The van der Waals surface area contributed by atoms with Crippen molar-refractivity contribution in [1.82, 2.24) is 10.6 Å². The van der Waals surface area contributed by atoms with Crippen molar-refractivity contribution >= 4 is 23.6 Å². The molecule has 0 saturated carbocycles. The Morgan fingerprint density at radius 3 is 2.71 bits per heavy atom. The third kappa shape index (κ3) is 3.85. The zero-order chi connectivity index (χ0) is 15.4. The number of rotatable bonds is 4. The summed E-state index contributed by atoms with van der Waals surface area (Å²) in [6, 6.07) is 2.99. The number of carboxylic acid groups (broad SMARTS) is 1. The summed E-state index contributed by atoms with van der Waals surface area (Å²) in [5.41, 5.74) is 0.0279. The van der Waals surface area contributed by atoms with E-state index in [0.717, 1.165) is 6.07 Å². The molecular weight excluding hydrogens is 278 g/mol. The van der Waals surface area contributed by atoms with E-state index in [1.807, 2.05) is 0 Å². The first-order chi connectivity index (χ1) is 9.95. The smallest absolute Gasteiger partial charge is 0.335 e. The summed E-state index contributed by atoms with van der Waals surface area (Å²) in [5.74, 6) is -1.54. The summed E-state index contributed by atoms with van der Waals surface area (Å²) in [5, 5.41) is 26.1. The van der Waals surface area contributed by atoms with E-state index in [2.05, 4.69) is 16.0 Å². The molecule has 1 atom stereocenters. The first-order valence-electron chi connectivity index (χ1n) is 6.36. The van der Waals surface area contributed by atoms with Crippen molar-refractivity contribution in [3.8, 4) is 5.75 Å². The molecule has 1 fully saturated rings. The number of carbonyl (C=O) groups excluding carboxylic acids is 2. The zero-order valence-electron chi connectivity index (χ0n) is 11.0. The van der Waals surface area contributed by atoms with Gasteiger partial charge in [0.15, 0.2) is 0 Å². The van der Waals surface area contributed by atoms with Gasteiger partial charge in [0.05, 0.1) is 11.3 Å². The summed E-state index contributed by atoms with van der Waals surface area (Å²) in [7, 11) is 0. The van der Waals surface area contributed by atoms with Gasteiger partial charge < -0.3 is 26.2 Å². The first kappa shape index (κ1) is 14.6. The van der Waals surface area contributed by atoms with Crippen LogP contribution in [0.25, 0.3) is 0 Å². The van der Waals surface area contributed by atoms with E-state index in [0.29, 0.717) is 12.8 Å². The van der Waals surface area contributed by atoms with E-state index in [1.165, 1.54) is 12.1 Å². The highest BCUT2D eigenvalue weighted by molar-refractivity contribution is 5.93. The molecule has 112 valence electrons. The van der Waals surface area contributed by atoms with Crippen molar-refractivity contribution < 1.29 is 24.6 Å². The van der Waals surface area contributed by atoms with Gasteiger partial charge in [-0.2, -0.15) is 0 Å². The SMILES string of the molecule is O=C1CCC(CNC(=O)Nc2ccc(C(=O)O)cc2O)N1. The summed E-state index contributed by atoms with van der Waals surface area (Å²) in [6.45, 7) is 0.283. The van der Waals surface area contributed by atoms with Crippen LogP contribution in [0.1, 0.15) is 23.2 Å². The van der Waals surface area contributed by atoms with Crippen LogP contribution >= 0.6 is 0 Å². The highest BCUT2D eigenvalue weighted by Crippen LogP contribution is 2.24. The monoisotopic (exact) mass is 293 g/mol. The standard InChI is InChI=1S/C13H15N3O5/c17-10-5-7(12(19)20)1-3-9(10)16-13(21)14-6-8-2-4-11(18)15-8/h1,3,5,8,17H,2,4,6H2,(H,15,18)(H,19,20)(H2,14,16,21). The van der Waals surface area contributed by atoms with Gasteiger partial charge in [0.1, 0.15) is 5.75 Å². The van der Waals surface area contributed by atoms with Crippen molar-refractivity contribution in [2.24, 2.45) is 0 Å². The average Bonchev–Trinajstić information content (AvgIpc) is 2.84. The lowest BCUT2D eigenvalue weighted by Gasteiger charge is -2.13. The maximum absolute atomic E-state index is 11.7. The first-order valence-corrected chi connectivity index (χ1v) is 6.36. The van der Waals surface area contributed by atoms with E-state index in [-0.39, 0.29) is 35.5 Å². The number of benzene rings is 1. The molecule has 2 rings (SSSR count). The molecule has 5 N–H and O–H groups in total. The summed E-state index contributed by atoms with van der Waals surface area (Å²) < 4.78 is 0. The van der Waals surface area contributed by atoms with Gasteiger partial charge in [-0.15, -0.1) is 0 Å². The van der Waals surface area contributed by atoms with Gasteiger partial charge in [-0.3, -0.25) is 4.79 Å². The van der Waals surface area contributed by atoms with Crippen LogP contribution in [-0.2, 0) is 4.79 Å². The molecule has 1 aliphatic rings. The van der Waals surface area contributed by atoms with E-state index < -0.39 is 12.0 Å². The summed E-state index contributed by atoms with van der Waals surface area (Å²) in [6.07, 6.45) is 1.11. The molecule has 0 spiro atoms. The number of carbonyl (C=O) groups is 3. The van der Waals surface area contributed by atoms with Crippen LogP contribution in [0, 0.1) is 0 Å². The number of phenols is 1. The van der Waals surface area contributed by atoms with Gasteiger partial charge in [-0.1, -0.05) is 0 Å². The van der Waals surface area contributed by atoms with Crippen LogP contribution in [-0.4, -0.2) is 40.7 Å². The minimum atomic E-state index is -1.17. The molecular formula is C13H15N3O5. The van der Waals surface area contributed by atoms with E-state index in [9.17, 15) is 19.5 Å². The second-order valence-corrected chi connectivity index (χ2v) is 4.68. The normalized spacial score (nSPS) is 17.1. The fourth-order valence-electron chi connectivity index (χ4n) is 1.98. The molecule has 1 aromatic rings. The number of carboxylic acids is 1. The molecule has 1 aromatic carbocycles. The van der Waals surface area contributed by atoms with Crippen molar-refractivity contribution in [1.29, 1.82) is 0 Å². The predicted octanol–water partition coefficient (Wildman–Crippen LogP) is 0.491. The van der Waals surface area contributed by atoms with Crippen molar-refractivity contribution in [2.45, 2.75) is 18.9 Å². The third-order valence-electron chi connectivity index (χ3n) is 3.09. The lowest BCUT2D eigenvalue weighted by atomic mass is 10.2. The third-order valence-corrected chi connectivity index (χ3v) is 3.09. The molecule has 1 saturated heterocycles. The van der Waals surface area contributed by atoms with Crippen molar-refractivity contribution in [3.05, 3.63) is 23.8 Å². The Morgan fingerprint density at radius 1 is 1.38 bits per heavy atom. The van der Waals surface area contributed by atoms with Crippen LogP contribution in [0.2, 0.25) is 0 Å². The number of phenolic OH excluding ortho intramolecular Hbond substituents is 1. The Kier molecular flexibility index (Phi) is 4.27. The molecule has 0 bridgehead atoms. The Labute approximate surface area is 120 Å². The molecule has 21 heavy (non-hydrogen) atoms. The van der Waals surface area contributed by atoms with Crippen LogP contribution in [0.4, 0.5) is 10.5 Å². The molecule has 8 heteroatoms. The largest absolute Gasteiger partial charge is 0.506 e. The van der Waals surface area contributed by atoms with Crippen LogP contribution in [0.5, 0.6) is 5.75 Å². The van der Waals surface area contributed by atoms with Crippen LogP contribution in [0.15, 0.2) is 18.2 Å². The second-order valence-electron chi connectivity index (χ2n) is 4.68. The minimum Gasteiger partial charge on any atom is -0.506 e. The van der Waals surface area contributed by atoms with Crippen LogP contribution < -0.4 is 16.0 Å². The predicted molar refractivity (Wildman–Crippen MR) is 73.3 cm³/mol. The fourth-order valence-corrected chi connectivity index (χ4v) is 1.98. The lowest BCUT2D eigenvalue weighted by molar-refractivity contribution is -0.119. The molecule has 0 radical (unpaired) electrons. The maximum Gasteiger partial charge on any atom is 0.335 e. The topological polar surface area (TPSA) is 128 Å². The summed E-state index contributed by atoms with van der Waals surface area (Å²) in [4.78, 5) is 33.4. The minimum absolute atomic E-state index is 0.0379. The number of nitrogens with one attached hydrogen (secondary N) is 3. The van der Waals surface area contributed by atoms with Crippen molar-refractivity contribution in [3.63, 3.8) is 0 Å². The highest BCUT2D eigenvalue weighted by atomic mass is 16.4. The number of urea groups is 1. The number of amides is 3. The zero-order valence-corrected chi connectivity index (χ0v) is 11.0. The fraction of sp³-hybridized carbons (Fsp3) is 0.308. The number of hydrogen-bond donors (Lipinski definition) is 5. The van der Waals surface area contributed by atoms with Crippen molar-refractivity contribution in [2.75, 3.05) is 11.9 Å². The number of aromatic hydroxyl groups is 1. The van der Waals surface area contributed by atoms with Gasteiger partial charge in [0, 0.05) is 19.0 Å². The van der Waals surface area contributed by atoms with Gasteiger partial charge in [0.25, 0.3) is 0 Å². The lowest BCUT2D eigenvalue weighted by Crippen LogP contribution is -2.40. The Bertz CT molecular complexity index is 587. The molecule has 0 aliphatic carbocycles. The molecule has 3 amide bonds. The van der Waals surface area contributed by atoms with Gasteiger partial charge in [-0.25, -0.2) is 9.59 Å². The molecule has 1 heterocycles. The molecule has 1 aliphatic heterocycles. The van der Waals surface area contributed by atoms with E-state index >= 15 is 0 Å². The second kappa shape index (κ2) is 6.12. The van der Waals surface area contributed by atoms with Gasteiger partial charge in [-0.05, 0) is 24.6 Å². The Morgan fingerprint density at radius 2 is 2.14 bits per heavy atom. The highest BCUT2D eigenvalue weighted by Gasteiger charge is 2.21. The molecule has 0 aromatic heterocycles.